The van der Waals surface area contributed by atoms with E-state index in [9.17, 15) is 0 Å². The molecule has 3 nitrogen and oxygen atoms in total. The van der Waals surface area contributed by atoms with E-state index < -0.39 is 0 Å². The van der Waals surface area contributed by atoms with Crippen molar-refractivity contribution >= 4 is 23.2 Å². The van der Waals surface area contributed by atoms with E-state index in [1.54, 1.807) is 0 Å². The van der Waals surface area contributed by atoms with E-state index >= 15 is 0 Å². The van der Waals surface area contributed by atoms with Crippen LogP contribution in [0.15, 0.2) is 0 Å². The van der Waals surface area contributed by atoms with Crippen molar-refractivity contribution in [3.63, 3.8) is 0 Å². The Morgan fingerprint density at radius 3 is 2.44 bits per heavy atom. The lowest BCUT2D eigenvalue weighted by Gasteiger charge is -2.33. The molecular formula is C13H21Cl2N3. The maximum Gasteiger partial charge on any atom is 0.0860 e. The molecule has 0 aliphatic carbocycles. The van der Waals surface area contributed by atoms with Gasteiger partial charge in [0.25, 0.3) is 0 Å². The Morgan fingerprint density at radius 1 is 1.39 bits per heavy atom. The van der Waals surface area contributed by atoms with Crippen molar-refractivity contribution in [1.82, 2.24) is 14.7 Å². The zero-order chi connectivity index (χ0) is 13.3. The van der Waals surface area contributed by atoms with Crippen LogP contribution in [0.2, 0.25) is 5.02 Å². The first kappa shape index (κ1) is 14.2. The second-order valence-corrected chi connectivity index (χ2v) is 6.33. The standard InChI is InChI=1S/C13H21Cl2N3/c1-9(14)11-4-6-18(7-5-11)8-12-13(15)10(2)16-17(12)3/h9,11H,4-8H2,1-3H3. The predicted octanol–water partition coefficient (Wildman–Crippen LogP) is 3.22. The number of hydrogen-bond acceptors (Lipinski definition) is 2. The monoisotopic (exact) mass is 289 g/mol. The topological polar surface area (TPSA) is 21.1 Å². The van der Waals surface area contributed by atoms with Gasteiger partial charge in [0.1, 0.15) is 0 Å². The highest BCUT2D eigenvalue weighted by atomic mass is 35.5. The average Bonchev–Trinajstić information content (AvgIpc) is 2.57. The molecule has 0 bridgehead atoms. The van der Waals surface area contributed by atoms with Crippen LogP contribution < -0.4 is 0 Å². The summed E-state index contributed by atoms with van der Waals surface area (Å²) in [4.78, 5) is 2.44. The first-order chi connectivity index (χ1) is 8.49. The molecule has 102 valence electrons. The van der Waals surface area contributed by atoms with E-state index in [0.717, 1.165) is 36.0 Å². The molecule has 1 fully saturated rings. The molecule has 1 atom stereocenters. The van der Waals surface area contributed by atoms with Gasteiger partial charge in [-0.2, -0.15) is 5.10 Å². The van der Waals surface area contributed by atoms with E-state index in [1.807, 2.05) is 18.7 Å². The summed E-state index contributed by atoms with van der Waals surface area (Å²) in [7, 11) is 1.96. The molecular weight excluding hydrogens is 269 g/mol. The highest BCUT2D eigenvalue weighted by molar-refractivity contribution is 6.31. The fraction of sp³-hybridized carbons (Fsp3) is 0.769. The lowest BCUT2D eigenvalue weighted by Crippen LogP contribution is -2.36. The number of piperidine rings is 1. The highest BCUT2D eigenvalue weighted by Gasteiger charge is 2.24. The lowest BCUT2D eigenvalue weighted by atomic mass is 9.94. The quantitative estimate of drug-likeness (QED) is 0.797. The van der Waals surface area contributed by atoms with Crippen LogP contribution in [-0.4, -0.2) is 33.1 Å². The third-order valence-electron chi connectivity index (χ3n) is 3.92. The summed E-state index contributed by atoms with van der Waals surface area (Å²) in [5.74, 6) is 0.659. The molecule has 1 aliphatic heterocycles. The first-order valence-corrected chi connectivity index (χ1v) is 7.35. The SMILES string of the molecule is Cc1nn(C)c(CN2CCC(C(C)Cl)CC2)c1Cl. The number of nitrogens with zero attached hydrogens (tertiary/aromatic N) is 3. The maximum absolute atomic E-state index is 6.28. The molecule has 2 heterocycles. The van der Waals surface area contributed by atoms with Gasteiger partial charge in [-0.25, -0.2) is 0 Å². The summed E-state index contributed by atoms with van der Waals surface area (Å²) < 4.78 is 1.90. The van der Waals surface area contributed by atoms with Crippen molar-refractivity contribution in [1.29, 1.82) is 0 Å². The van der Waals surface area contributed by atoms with E-state index in [4.69, 9.17) is 23.2 Å². The number of likely N-dealkylation sites (tertiary alicyclic amines) is 1. The van der Waals surface area contributed by atoms with Crippen LogP contribution in [-0.2, 0) is 13.6 Å². The van der Waals surface area contributed by atoms with Crippen LogP contribution in [0.4, 0.5) is 0 Å². The number of hydrogen-bond donors (Lipinski definition) is 0. The van der Waals surface area contributed by atoms with Gasteiger partial charge in [0.2, 0.25) is 0 Å². The summed E-state index contributed by atoms with van der Waals surface area (Å²) >= 11 is 12.4. The third kappa shape index (κ3) is 3.01. The molecule has 2 rings (SSSR count). The van der Waals surface area contributed by atoms with Crippen molar-refractivity contribution in [2.24, 2.45) is 13.0 Å². The summed E-state index contributed by atoms with van der Waals surface area (Å²) in [5, 5.41) is 5.45. The molecule has 1 aromatic heterocycles. The van der Waals surface area contributed by atoms with Crippen molar-refractivity contribution in [3.05, 3.63) is 16.4 Å². The zero-order valence-electron chi connectivity index (χ0n) is 11.3. The van der Waals surface area contributed by atoms with Crippen molar-refractivity contribution in [2.45, 2.75) is 38.6 Å². The largest absolute Gasteiger partial charge is 0.297 e. The third-order valence-corrected chi connectivity index (χ3v) is 4.76. The van der Waals surface area contributed by atoms with Gasteiger partial charge in [-0.15, -0.1) is 11.6 Å². The van der Waals surface area contributed by atoms with Crippen LogP contribution in [0, 0.1) is 12.8 Å². The van der Waals surface area contributed by atoms with E-state index in [0.29, 0.717) is 5.92 Å². The summed E-state index contributed by atoms with van der Waals surface area (Å²) in [6.07, 6.45) is 2.36. The summed E-state index contributed by atoms with van der Waals surface area (Å²) in [6, 6.07) is 0. The van der Waals surface area contributed by atoms with Gasteiger partial charge < -0.3 is 0 Å². The second-order valence-electron chi connectivity index (χ2n) is 5.26. The molecule has 0 saturated carbocycles. The van der Waals surface area contributed by atoms with Gasteiger partial charge in [0.05, 0.1) is 16.4 Å². The Bertz CT molecular complexity index is 407. The fourth-order valence-electron chi connectivity index (χ4n) is 2.63. The number of rotatable bonds is 3. The molecule has 0 spiro atoms. The minimum atomic E-state index is 0.287. The minimum absolute atomic E-state index is 0.287. The summed E-state index contributed by atoms with van der Waals surface area (Å²) in [6.45, 7) is 7.14. The molecule has 0 radical (unpaired) electrons. The van der Waals surface area contributed by atoms with Crippen molar-refractivity contribution in [3.8, 4) is 0 Å². The number of aryl methyl sites for hydroxylation is 2. The van der Waals surface area contributed by atoms with E-state index in [-0.39, 0.29) is 5.38 Å². The number of alkyl halides is 1. The van der Waals surface area contributed by atoms with Gasteiger partial charge in [-0.1, -0.05) is 11.6 Å². The molecule has 5 heteroatoms. The molecule has 0 aromatic carbocycles. The minimum Gasteiger partial charge on any atom is -0.297 e. The van der Waals surface area contributed by atoms with Crippen molar-refractivity contribution in [2.75, 3.05) is 13.1 Å². The summed E-state index contributed by atoms with van der Waals surface area (Å²) in [5.41, 5.74) is 2.03. The van der Waals surface area contributed by atoms with Gasteiger partial charge in [-0.05, 0) is 45.7 Å². The number of aromatic nitrogens is 2. The highest BCUT2D eigenvalue weighted by Crippen LogP contribution is 2.26. The molecule has 0 amide bonds. The number of halogens is 2. The molecule has 18 heavy (non-hydrogen) atoms. The second kappa shape index (κ2) is 5.81. The van der Waals surface area contributed by atoms with Gasteiger partial charge in [0.15, 0.2) is 0 Å². The van der Waals surface area contributed by atoms with Crippen LogP contribution in [0.1, 0.15) is 31.2 Å². The average molecular weight is 290 g/mol. The van der Waals surface area contributed by atoms with E-state index in [2.05, 4.69) is 16.9 Å². The molecule has 1 saturated heterocycles. The fourth-order valence-corrected chi connectivity index (χ4v) is 3.11. The smallest absolute Gasteiger partial charge is 0.0860 e. The van der Waals surface area contributed by atoms with E-state index in [1.165, 1.54) is 12.8 Å². The first-order valence-electron chi connectivity index (χ1n) is 6.53. The maximum atomic E-state index is 6.28. The lowest BCUT2D eigenvalue weighted by molar-refractivity contribution is 0.173. The van der Waals surface area contributed by atoms with Crippen molar-refractivity contribution < 1.29 is 0 Å². The Balaban J connectivity index is 1.95. The predicted molar refractivity (Wildman–Crippen MR) is 76.3 cm³/mol. The zero-order valence-corrected chi connectivity index (χ0v) is 12.8. The Kier molecular flexibility index (Phi) is 4.57. The van der Waals surface area contributed by atoms with Gasteiger partial charge in [0, 0.05) is 19.0 Å². The van der Waals surface area contributed by atoms with Crippen LogP contribution in [0.5, 0.6) is 0 Å². The molecule has 1 aliphatic rings. The molecule has 1 aromatic rings. The van der Waals surface area contributed by atoms with Crippen LogP contribution >= 0.6 is 23.2 Å². The Hall–Kier alpha value is -0.250. The molecule has 1 unspecified atom stereocenters. The normalized spacial score (nSPS) is 20.3. The Labute approximate surface area is 119 Å². The van der Waals surface area contributed by atoms with Crippen LogP contribution in [0.25, 0.3) is 0 Å². The van der Waals surface area contributed by atoms with Gasteiger partial charge >= 0.3 is 0 Å². The Morgan fingerprint density at radius 2 is 2.00 bits per heavy atom. The van der Waals surface area contributed by atoms with Gasteiger partial charge in [-0.3, -0.25) is 9.58 Å². The van der Waals surface area contributed by atoms with Crippen LogP contribution in [0.3, 0.4) is 0 Å². The molecule has 0 N–H and O–H groups in total.